The third-order valence-corrected chi connectivity index (χ3v) is 2.98. The first kappa shape index (κ1) is 12.7. The van der Waals surface area contributed by atoms with Gasteiger partial charge in [-0.3, -0.25) is 5.10 Å². The summed E-state index contributed by atoms with van der Waals surface area (Å²) in [5.74, 6) is 0.306. The van der Waals surface area contributed by atoms with Gasteiger partial charge < -0.3 is 11.1 Å². The van der Waals surface area contributed by atoms with Crippen molar-refractivity contribution in [2.75, 3.05) is 11.1 Å². The second kappa shape index (κ2) is 4.36. The molecule has 6 nitrogen and oxygen atoms in total. The van der Waals surface area contributed by atoms with Gasteiger partial charge in [0.25, 0.3) is 0 Å². The average Bonchev–Trinajstić information content (AvgIpc) is 3.09. The summed E-state index contributed by atoms with van der Waals surface area (Å²) >= 11 is 0. The number of hydrogen-bond acceptors (Lipinski definition) is 5. The van der Waals surface area contributed by atoms with Crippen molar-refractivity contribution in [3.63, 3.8) is 0 Å². The van der Waals surface area contributed by atoms with Gasteiger partial charge in [-0.05, 0) is 12.8 Å². The summed E-state index contributed by atoms with van der Waals surface area (Å²) in [6.07, 6.45) is -1.68. The van der Waals surface area contributed by atoms with Crippen LogP contribution in [0.25, 0.3) is 0 Å². The van der Waals surface area contributed by atoms with E-state index in [0.29, 0.717) is 17.9 Å². The highest BCUT2D eigenvalue weighted by Gasteiger charge is 2.34. The Morgan fingerprint density at radius 1 is 1.35 bits per heavy atom. The third-order valence-electron chi connectivity index (χ3n) is 2.98. The number of aromatic amines is 1. The van der Waals surface area contributed by atoms with Gasteiger partial charge in [-0.15, -0.1) is 0 Å². The number of alkyl halides is 3. The third kappa shape index (κ3) is 2.51. The molecule has 2 heterocycles. The number of hydrogen-bond donors (Lipinski definition) is 3. The maximum atomic E-state index is 12.5. The molecule has 20 heavy (non-hydrogen) atoms. The first-order valence-corrected chi connectivity index (χ1v) is 5.95. The molecular formula is C11H11F3N6. The highest BCUT2D eigenvalue weighted by molar-refractivity contribution is 5.52. The van der Waals surface area contributed by atoms with Crippen LogP contribution < -0.4 is 11.1 Å². The van der Waals surface area contributed by atoms with E-state index in [9.17, 15) is 13.2 Å². The Balaban J connectivity index is 1.78. The minimum atomic E-state index is -4.56. The molecule has 0 saturated heterocycles. The van der Waals surface area contributed by atoms with Gasteiger partial charge >= 0.3 is 6.18 Å². The molecule has 1 fully saturated rings. The van der Waals surface area contributed by atoms with Crippen molar-refractivity contribution in [3.8, 4) is 0 Å². The molecule has 2 aromatic rings. The quantitative estimate of drug-likeness (QED) is 0.805. The number of nitrogens with zero attached hydrogens (tertiary/aromatic N) is 3. The largest absolute Gasteiger partial charge is 0.421 e. The van der Waals surface area contributed by atoms with E-state index in [0.717, 1.165) is 18.5 Å². The van der Waals surface area contributed by atoms with Gasteiger partial charge in [-0.2, -0.15) is 23.3 Å². The first-order chi connectivity index (χ1) is 9.43. The molecule has 0 aromatic carbocycles. The van der Waals surface area contributed by atoms with E-state index in [-0.39, 0.29) is 5.95 Å². The summed E-state index contributed by atoms with van der Waals surface area (Å²) in [6.45, 7) is 0. The number of H-pyrrole nitrogens is 1. The van der Waals surface area contributed by atoms with Crippen LogP contribution in [0.5, 0.6) is 0 Å². The fourth-order valence-electron chi connectivity index (χ4n) is 1.79. The Bertz CT molecular complexity index is 631. The first-order valence-electron chi connectivity index (χ1n) is 5.95. The molecule has 106 valence electrons. The molecule has 0 unspecified atom stereocenters. The smallest absolute Gasteiger partial charge is 0.383 e. The van der Waals surface area contributed by atoms with E-state index in [1.54, 1.807) is 6.07 Å². The van der Waals surface area contributed by atoms with E-state index in [1.807, 2.05) is 0 Å². The predicted octanol–water partition coefficient (Wildman–Crippen LogP) is 2.42. The van der Waals surface area contributed by atoms with Gasteiger partial charge in [0, 0.05) is 23.9 Å². The van der Waals surface area contributed by atoms with Crippen molar-refractivity contribution in [2.45, 2.75) is 24.9 Å². The van der Waals surface area contributed by atoms with E-state index in [1.165, 1.54) is 0 Å². The molecule has 9 heteroatoms. The van der Waals surface area contributed by atoms with Crippen molar-refractivity contribution >= 4 is 17.6 Å². The van der Waals surface area contributed by atoms with E-state index >= 15 is 0 Å². The van der Waals surface area contributed by atoms with E-state index < -0.39 is 17.6 Å². The zero-order valence-electron chi connectivity index (χ0n) is 10.2. The van der Waals surface area contributed by atoms with E-state index in [2.05, 4.69) is 25.5 Å². The minimum Gasteiger partial charge on any atom is -0.383 e. The molecule has 1 aliphatic rings. The molecule has 0 spiro atoms. The van der Waals surface area contributed by atoms with Crippen molar-refractivity contribution in [2.24, 2.45) is 0 Å². The molecule has 3 rings (SSSR count). The van der Waals surface area contributed by atoms with Crippen LogP contribution in [0.1, 0.15) is 30.0 Å². The lowest BCUT2D eigenvalue weighted by molar-refractivity contribution is -0.137. The summed E-state index contributed by atoms with van der Waals surface area (Å²) in [4.78, 5) is 7.18. The number of nitrogen functional groups attached to an aromatic ring is 1. The average molecular weight is 284 g/mol. The Morgan fingerprint density at radius 2 is 2.10 bits per heavy atom. The van der Waals surface area contributed by atoms with Gasteiger partial charge in [0.15, 0.2) is 5.82 Å². The second-order valence-electron chi connectivity index (χ2n) is 4.60. The normalized spacial score (nSPS) is 15.3. The van der Waals surface area contributed by atoms with Crippen LogP contribution in [-0.4, -0.2) is 20.2 Å². The molecule has 2 aromatic heterocycles. The molecule has 0 bridgehead atoms. The van der Waals surface area contributed by atoms with Gasteiger partial charge in [0.2, 0.25) is 5.95 Å². The van der Waals surface area contributed by atoms with Crippen molar-refractivity contribution in [1.29, 1.82) is 0 Å². The van der Waals surface area contributed by atoms with Crippen molar-refractivity contribution in [1.82, 2.24) is 20.2 Å². The van der Waals surface area contributed by atoms with Crippen LogP contribution in [0.4, 0.5) is 30.8 Å². The number of anilines is 3. The van der Waals surface area contributed by atoms with Crippen LogP contribution in [-0.2, 0) is 6.18 Å². The summed E-state index contributed by atoms with van der Waals surface area (Å²) in [6, 6.07) is 1.79. The number of nitrogens with two attached hydrogens (primary N) is 1. The fourth-order valence-corrected chi connectivity index (χ4v) is 1.79. The van der Waals surface area contributed by atoms with Crippen LogP contribution in [0.3, 0.4) is 0 Å². The van der Waals surface area contributed by atoms with Gasteiger partial charge in [-0.25, -0.2) is 4.98 Å². The molecule has 0 radical (unpaired) electrons. The molecule has 4 N–H and O–H groups in total. The maximum Gasteiger partial charge on any atom is 0.421 e. The lowest BCUT2D eigenvalue weighted by Crippen LogP contribution is -2.12. The topological polar surface area (TPSA) is 92.5 Å². The Hall–Kier alpha value is -2.32. The van der Waals surface area contributed by atoms with Crippen molar-refractivity contribution < 1.29 is 13.2 Å². The number of aromatic nitrogens is 4. The van der Waals surface area contributed by atoms with Crippen molar-refractivity contribution in [3.05, 3.63) is 23.5 Å². The SMILES string of the molecule is Nc1nc(Nc2cc(C3CC3)[nH]n2)ncc1C(F)(F)F. The zero-order valence-corrected chi connectivity index (χ0v) is 10.2. The predicted molar refractivity (Wildman–Crippen MR) is 65.3 cm³/mol. The maximum absolute atomic E-state index is 12.5. The van der Waals surface area contributed by atoms with Crippen LogP contribution >= 0.6 is 0 Å². The van der Waals surface area contributed by atoms with Gasteiger partial charge in [0.1, 0.15) is 11.4 Å². The molecule has 0 amide bonds. The van der Waals surface area contributed by atoms with Gasteiger partial charge in [-0.1, -0.05) is 0 Å². The minimum absolute atomic E-state index is 0.0238. The number of halogens is 3. The Kier molecular flexibility index (Phi) is 2.77. The van der Waals surface area contributed by atoms with Gasteiger partial charge in [0.05, 0.1) is 0 Å². The monoisotopic (exact) mass is 284 g/mol. The summed E-state index contributed by atoms with van der Waals surface area (Å²) < 4.78 is 37.5. The molecule has 1 saturated carbocycles. The molecule has 0 aliphatic heterocycles. The zero-order chi connectivity index (χ0) is 14.3. The second-order valence-corrected chi connectivity index (χ2v) is 4.60. The van der Waals surface area contributed by atoms with Crippen LogP contribution in [0.15, 0.2) is 12.3 Å². The molecule has 1 aliphatic carbocycles. The Labute approximate surface area is 111 Å². The fraction of sp³-hybridized carbons (Fsp3) is 0.364. The number of nitrogens with one attached hydrogen (secondary N) is 2. The molecular weight excluding hydrogens is 273 g/mol. The number of rotatable bonds is 3. The highest BCUT2D eigenvalue weighted by atomic mass is 19.4. The Morgan fingerprint density at radius 3 is 2.70 bits per heavy atom. The standard InChI is InChI=1S/C11H11F3N6/c12-11(13,14)6-4-16-10(18-9(6)15)17-8-3-7(19-20-8)5-1-2-5/h3-5H,1-2H2,(H4,15,16,17,18,19,20). The van der Waals surface area contributed by atoms with Crippen LogP contribution in [0, 0.1) is 0 Å². The molecule has 0 atom stereocenters. The van der Waals surface area contributed by atoms with Crippen LogP contribution in [0.2, 0.25) is 0 Å². The lowest BCUT2D eigenvalue weighted by atomic mass is 10.3. The summed E-state index contributed by atoms with van der Waals surface area (Å²) in [5.41, 5.74) is 5.23. The van der Waals surface area contributed by atoms with E-state index in [4.69, 9.17) is 5.73 Å². The summed E-state index contributed by atoms with van der Waals surface area (Å²) in [5, 5.41) is 9.57. The highest BCUT2D eigenvalue weighted by Crippen LogP contribution is 2.39. The lowest BCUT2D eigenvalue weighted by Gasteiger charge is -2.09. The summed E-state index contributed by atoms with van der Waals surface area (Å²) in [7, 11) is 0.